The van der Waals surface area contributed by atoms with Gasteiger partial charge in [0, 0.05) is 36.1 Å². The van der Waals surface area contributed by atoms with Gasteiger partial charge in [-0.3, -0.25) is 9.69 Å². The Morgan fingerprint density at radius 1 is 1.06 bits per heavy atom. The van der Waals surface area contributed by atoms with Crippen LogP contribution in [0, 0.1) is 5.92 Å². The predicted molar refractivity (Wildman–Crippen MR) is 128 cm³/mol. The van der Waals surface area contributed by atoms with Gasteiger partial charge in [-0.25, -0.2) is 0 Å². The molecule has 8 heteroatoms. The average Bonchev–Trinajstić information content (AvgIpc) is 3.42. The van der Waals surface area contributed by atoms with E-state index in [1.54, 1.807) is 0 Å². The molecular weight excluding hydrogens is 440 g/mol. The van der Waals surface area contributed by atoms with E-state index in [1.807, 2.05) is 48.5 Å². The molecule has 6 rings (SSSR count). The molecule has 5 aromatic rings. The van der Waals surface area contributed by atoms with Crippen molar-refractivity contribution in [1.29, 1.82) is 0 Å². The Bertz CT molecular complexity index is 1440. The van der Waals surface area contributed by atoms with Crippen LogP contribution in [0.25, 0.3) is 44.6 Å². The largest absolute Gasteiger partial charge is 0.481 e. The van der Waals surface area contributed by atoms with Crippen LogP contribution in [0.4, 0.5) is 0 Å². The third-order valence-electron chi connectivity index (χ3n) is 6.14. The monoisotopic (exact) mass is 460 g/mol. The van der Waals surface area contributed by atoms with E-state index in [9.17, 15) is 4.79 Å². The second kappa shape index (κ2) is 8.35. The summed E-state index contributed by atoms with van der Waals surface area (Å²) in [5, 5.41) is 16.6. The van der Waals surface area contributed by atoms with E-state index in [0.29, 0.717) is 24.8 Å². The molecule has 1 saturated heterocycles. The first kappa shape index (κ1) is 21.2. The summed E-state index contributed by atoms with van der Waals surface area (Å²) in [6.45, 7) is 1.89. The number of carboxylic acid groups (broad SMARTS) is 1. The Morgan fingerprint density at radius 3 is 2.61 bits per heavy atom. The second-order valence-corrected chi connectivity index (χ2v) is 8.24. The van der Waals surface area contributed by atoms with Crippen LogP contribution >= 0.6 is 12.4 Å². The van der Waals surface area contributed by atoms with Gasteiger partial charge in [-0.05, 0) is 28.5 Å². The van der Waals surface area contributed by atoms with Crippen molar-refractivity contribution >= 4 is 40.1 Å². The first-order valence-electron chi connectivity index (χ1n) is 10.5. The molecule has 0 spiro atoms. The number of nitrogens with zero attached hydrogens (tertiary/aromatic N) is 3. The van der Waals surface area contributed by atoms with Gasteiger partial charge in [0.2, 0.25) is 5.82 Å². The molecule has 0 saturated carbocycles. The molecule has 7 nitrogen and oxygen atoms in total. The highest BCUT2D eigenvalue weighted by Gasteiger charge is 2.32. The van der Waals surface area contributed by atoms with Crippen molar-refractivity contribution in [3.05, 3.63) is 72.3 Å². The number of likely N-dealkylation sites (tertiary alicyclic amines) is 1. The highest BCUT2D eigenvalue weighted by Crippen LogP contribution is 2.32. The Labute approximate surface area is 195 Å². The van der Waals surface area contributed by atoms with Gasteiger partial charge in [0.05, 0.1) is 5.92 Å². The van der Waals surface area contributed by atoms with Crippen LogP contribution in [-0.4, -0.2) is 44.2 Å². The van der Waals surface area contributed by atoms with Gasteiger partial charge >= 0.3 is 5.97 Å². The molecule has 2 N–H and O–H groups in total. The van der Waals surface area contributed by atoms with Crippen molar-refractivity contribution in [2.24, 2.45) is 5.92 Å². The minimum absolute atomic E-state index is 0. The van der Waals surface area contributed by atoms with Crippen LogP contribution in [0.1, 0.15) is 5.56 Å². The zero-order chi connectivity index (χ0) is 21.7. The number of hydrogen-bond acceptors (Lipinski definition) is 5. The Morgan fingerprint density at radius 2 is 1.82 bits per heavy atom. The van der Waals surface area contributed by atoms with E-state index in [4.69, 9.17) is 9.63 Å². The molecule has 0 unspecified atom stereocenters. The van der Waals surface area contributed by atoms with Crippen molar-refractivity contribution in [2.45, 2.75) is 6.54 Å². The van der Waals surface area contributed by atoms with E-state index in [-0.39, 0.29) is 18.3 Å². The van der Waals surface area contributed by atoms with Crippen molar-refractivity contribution in [3.63, 3.8) is 0 Å². The number of aromatic nitrogens is 3. The summed E-state index contributed by atoms with van der Waals surface area (Å²) in [6.07, 6.45) is 0. The molecule has 0 radical (unpaired) electrons. The minimum Gasteiger partial charge on any atom is -0.481 e. The number of halogens is 1. The number of H-pyrrole nitrogens is 1. The number of benzene rings is 3. The maximum absolute atomic E-state index is 11.1. The first-order chi connectivity index (χ1) is 15.7. The number of fused-ring (bicyclic) bond motifs is 2. The van der Waals surface area contributed by atoms with E-state index in [0.717, 1.165) is 45.0 Å². The van der Waals surface area contributed by atoms with E-state index in [1.165, 1.54) is 0 Å². The number of carbonyl (C=O) groups is 1. The Hall–Kier alpha value is -3.68. The minimum atomic E-state index is -0.718. The van der Waals surface area contributed by atoms with Gasteiger partial charge < -0.3 is 14.6 Å². The van der Waals surface area contributed by atoms with Crippen molar-refractivity contribution in [1.82, 2.24) is 20.0 Å². The third kappa shape index (κ3) is 3.75. The fourth-order valence-corrected chi connectivity index (χ4v) is 4.42. The molecule has 3 aromatic carbocycles. The van der Waals surface area contributed by atoms with Crippen LogP contribution in [0.15, 0.2) is 71.3 Å². The lowest BCUT2D eigenvalue weighted by Crippen LogP contribution is -2.49. The van der Waals surface area contributed by atoms with Gasteiger partial charge in [0.25, 0.3) is 5.89 Å². The van der Waals surface area contributed by atoms with Gasteiger partial charge in [-0.2, -0.15) is 4.98 Å². The number of rotatable bonds is 5. The van der Waals surface area contributed by atoms with Crippen LogP contribution in [-0.2, 0) is 11.3 Å². The standard InChI is InChI=1S/C25H20N4O3.ClH/c30-25(31)17-13-29(14-17)12-16-9-10-20(19-7-3-2-6-18(16)19)23-27-24(32-28-23)22-11-15-5-1-4-8-21(15)26-22;/h1-11,17,26H,12-14H2,(H,30,31);1H. The lowest BCUT2D eigenvalue weighted by molar-refractivity contribution is -0.147. The number of para-hydroxylation sites is 1. The van der Waals surface area contributed by atoms with Crippen LogP contribution in [0.3, 0.4) is 0 Å². The summed E-state index contributed by atoms with van der Waals surface area (Å²) in [5.74, 6) is 0.00760. The number of carboxylic acids is 1. The predicted octanol–water partition coefficient (Wildman–Crippen LogP) is 4.98. The molecule has 3 heterocycles. The van der Waals surface area contributed by atoms with Crippen molar-refractivity contribution in [2.75, 3.05) is 13.1 Å². The molecule has 1 fully saturated rings. The molecule has 33 heavy (non-hydrogen) atoms. The summed E-state index contributed by atoms with van der Waals surface area (Å²) in [5.41, 5.74) is 3.87. The molecule has 0 aliphatic carbocycles. The molecule has 0 atom stereocenters. The molecular formula is C25H21ClN4O3. The molecule has 1 aliphatic rings. The van der Waals surface area contributed by atoms with Crippen molar-refractivity contribution < 1.29 is 14.4 Å². The quantitative estimate of drug-likeness (QED) is 0.384. The summed E-state index contributed by atoms with van der Waals surface area (Å²) >= 11 is 0. The van der Waals surface area contributed by atoms with Crippen LogP contribution in [0.5, 0.6) is 0 Å². The summed E-state index contributed by atoms with van der Waals surface area (Å²) in [6, 6.07) is 22.3. The zero-order valence-corrected chi connectivity index (χ0v) is 18.4. The molecule has 2 aromatic heterocycles. The maximum atomic E-state index is 11.1. The van der Waals surface area contributed by atoms with E-state index >= 15 is 0 Å². The summed E-state index contributed by atoms with van der Waals surface area (Å²) < 4.78 is 5.58. The lowest BCUT2D eigenvalue weighted by atomic mass is 9.95. The van der Waals surface area contributed by atoms with Crippen LogP contribution < -0.4 is 0 Å². The smallest absolute Gasteiger partial charge is 0.309 e. The summed E-state index contributed by atoms with van der Waals surface area (Å²) in [7, 11) is 0. The molecule has 1 aliphatic heterocycles. The molecule has 0 bridgehead atoms. The Kier molecular flexibility index (Phi) is 5.36. The number of aliphatic carboxylic acids is 1. The highest BCUT2D eigenvalue weighted by atomic mass is 35.5. The van der Waals surface area contributed by atoms with Gasteiger partial charge in [-0.15, -0.1) is 12.4 Å². The number of aromatic amines is 1. The fourth-order valence-electron chi connectivity index (χ4n) is 4.42. The highest BCUT2D eigenvalue weighted by molar-refractivity contribution is 5.97. The second-order valence-electron chi connectivity index (χ2n) is 8.24. The van der Waals surface area contributed by atoms with Crippen LogP contribution in [0.2, 0.25) is 0 Å². The average molecular weight is 461 g/mol. The van der Waals surface area contributed by atoms with Gasteiger partial charge in [0.15, 0.2) is 0 Å². The number of hydrogen-bond donors (Lipinski definition) is 2. The van der Waals surface area contributed by atoms with E-state index in [2.05, 4.69) is 38.2 Å². The number of nitrogens with one attached hydrogen (secondary N) is 1. The fraction of sp³-hybridized carbons (Fsp3) is 0.160. The normalized spacial score (nSPS) is 14.3. The topological polar surface area (TPSA) is 95.2 Å². The zero-order valence-electron chi connectivity index (χ0n) is 17.6. The summed E-state index contributed by atoms with van der Waals surface area (Å²) in [4.78, 5) is 21.2. The molecule has 0 amide bonds. The Balaban J connectivity index is 0.00000228. The first-order valence-corrected chi connectivity index (χ1v) is 10.5. The third-order valence-corrected chi connectivity index (χ3v) is 6.14. The lowest BCUT2D eigenvalue weighted by Gasteiger charge is -2.36. The van der Waals surface area contributed by atoms with Gasteiger partial charge in [-0.1, -0.05) is 59.8 Å². The van der Waals surface area contributed by atoms with Crippen molar-refractivity contribution in [3.8, 4) is 23.0 Å². The SMILES string of the molecule is Cl.O=C(O)C1CN(Cc2ccc(-c3noc(-c4cc5ccccc5[nH]4)n3)c3ccccc23)C1. The van der Waals surface area contributed by atoms with Gasteiger partial charge in [0.1, 0.15) is 5.69 Å². The van der Waals surface area contributed by atoms with E-state index < -0.39 is 5.97 Å². The maximum Gasteiger partial charge on any atom is 0.309 e. The molecule has 166 valence electrons.